The minimum absolute atomic E-state index is 0.111. The van der Waals surface area contributed by atoms with Crippen molar-refractivity contribution in [3.05, 3.63) is 46.3 Å². The van der Waals surface area contributed by atoms with Gasteiger partial charge >= 0.3 is 0 Å². The van der Waals surface area contributed by atoms with Crippen molar-refractivity contribution in [1.82, 2.24) is 9.78 Å². The Bertz CT molecular complexity index is 665. The van der Waals surface area contributed by atoms with E-state index in [0.717, 1.165) is 0 Å². The van der Waals surface area contributed by atoms with E-state index in [1.807, 2.05) is 0 Å². The molecule has 0 fully saturated rings. The van der Waals surface area contributed by atoms with Gasteiger partial charge in [-0.05, 0) is 12.1 Å². The van der Waals surface area contributed by atoms with Crippen LogP contribution < -0.4 is 10.1 Å². The number of non-ortho nitro benzene ring substituents is 1. The Hall–Kier alpha value is -2.90. The quantitative estimate of drug-likeness (QED) is 0.675. The summed E-state index contributed by atoms with van der Waals surface area (Å²) in [5.41, 5.74) is 0.607. The Morgan fingerprint density at radius 1 is 1.45 bits per heavy atom. The second-order valence-corrected chi connectivity index (χ2v) is 3.94. The first-order valence-corrected chi connectivity index (χ1v) is 5.64. The Labute approximate surface area is 114 Å². The molecule has 2 rings (SSSR count). The van der Waals surface area contributed by atoms with Gasteiger partial charge in [0.05, 0.1) is 23.8 Å². The number of carbonyl (C=O) groups excluding carboxylic acids is 1. The van der Waals surface area contributed by atoms with Gasteiger partial charge in [-0.1, -0.05) is 0 Å². The van der Waals surface area contributed by atoms with Gasteiger partial charge in [-0.15, -0.1) is 0 Å². The SMILES string of the molecule is COc1cc([N+](=O)[O-])ccc1NC(=O)c1ccnn1C. The lowest BCUT2D eigenvalue weighted by atomic mass is 10.2. The number of aromatic nitrogens is 2. The van der Waals surface area contributed by atoms with Crippen molar-refractivity contribution in [2.24, 2.45) is 7.05 Å². The van der Waals surface area contributed by atoms with E-state index in [0.29, 0.717) is 11.4 Å². The highest BCUT2D eigenvalue weighted by molar-refractivity contribution is 6.03. The van der Waals surface area contributed by atoms with Crippen molar-refractivity contribution in [2.75, 3.05) is 12.4 Å². The van der Waals surface area contributed by atoms with Gasteiger partial charge in [-0.3, -0.25) is 19.6 Å². The highest BCUT2D eigenvalue weighted by atomic mass is 16.6. The predicted molar refractivity (Wildman–Crippen MR) is 70.8 cm³/mol. The van der Waals surface area contributed by atoms with E-state index in [2.05, 4.69) is 10.4 Å². The number of ether oxygens (including phenoxy) is 1. The highest BCUT2D eigenvalue weighted by Gasteiger charge is 2.15. The van der Waals surface area contributed by atoms with Crippen LogP contribution in [0.1, 0.15) is 10.5 Å². The molecule has 0 spiro atoms. The molecule has 1 aromatic carbocycles. The molecule has 0 unspecified atom stereocenters. The third-order valence-corrected chi connectivity index (χ3v) is 2.70. The van der Waals surface area contributed by atoms with Crippen LogP contribution in [0.5, 0.6) is 5.75 Å². The van der Waals surface area contributed by atoms with Crippen molar-refractivity contribution < 1.29 is 14.5 Å². The molecule has 20 heavy (non-hydrogen) atoms. The van der Waals surface area contributed by atoms with E-state index in [1.165, 1.54) is 36.2 Å². The molecule has 0 saturated heterocycles. The fraction of sp³-hybridized carbons (Fsp3) is 0.167. The average Bonchev–Trinajstić information content (AvgIpc) is 2.85. The van der Waals surface area contributed by atoms with Crippen LogP contribution in [0.4, 0.5) is 11.4 Å². The molecule has 2 aromatic rings. The van der Waals surface area contributed by atoms with Crippen molar-refractivity contribution in [3.8, 4) is 5.75 Å². The van der Waals surface area contributed by atoms with Gasteiger partial charge in [0.25, 0.3) is 11.6 Å². The number of hydrogen-bond donors (Lipinski definition) is 1. The molecule has 1 amide bonds. The second kappa shape index (κ2) is 5.39. The van der Waals surface area contributed by atoms with Gasteiger partial charge < -0.3 is 10.1 Å². The van der Waals surface area contributed by atoms with Crippen molar-refractivity contribution in [3.63, 3.8) is 0 Å². The number of rotatable bonds is 4. The maximum Gasteiger partial charge on any atom is 0.274 e. The molecule has 0 radical (unpaired) electrons. The second-order valence-electron chi connectivity index (χ2n) is 3.94. The minimum atomic E-state index is -0.533. The third kappa shape index (κ3) is 2.58. The molecule has 0 saturated carbocycles. The number of nitrogens with one attached hydrogen (secondary N) is 1. The standard InChI is InChI=1S/C12H12N4O4/c1-15-10(5-6-13-15)12(17)14-9-4-3-8(16(18)19)7-11(9)20-2/h3-7H,1-2H3,(H,14,17). The number of hydrogen-bond acceptors (Lipinski definition) is 5. The molecule has 1 heterocycles. The number of nitro benzene ring substituents is 1. The number of amides is 1. The fourth-order valence-corrected chi connectivity index (χ4v) is 1.68. The summed E-state index contributed by atoms with van der Waals surface area (Å²) < 4.78 is 6.47. The van der Waals surface area contributed by atoms with E-state index in [9.17, 15) is 14.9 Å². The summed E-state index contributed by atoms with van der Waals surface area (Å²) in [6, 6.07) is 5.53. The van der Waals surface area contributed by atoms with Crippen LogP contribution in [0.15, 0.2) is 30.5 Å². The van der Waals surface area contributed by atoms with Gasteiger partial charge in [0.1, 0.15) is 11.4 Å². The summed E-state index contributed by atoms with van der Waals surface area (Å²) in [5.74, 6) is -0.160. The monoisotopic (exact) mass is 276 g/mol. The summed E-state index contributed by atoms with van der Waals surface area (Å²) in [6.07, 6.45) is 1.50. The number of aryl methyl sites for hydroxylation is 1. The molecule has 0 aliphatic rings. The summed E-state index contributed by atoms with van der Waals surface area (Å²) in [5, 5.41) is 17.2. The van der Waals surface area contributed by atoms with Crippen LogP contribution >= 0.6 is 0 Å². The Kier molecular flexibility index (Phi) is 3.65. The molecule has 104 valence electrons. The van der Waals surface area contributed by atoms with Crippen LogP contribution in [0.2, 0.25) is 0 Å². The molecule has 0 bridgehead atoms. The normalized spacial score (nSPS) is 10.1. The minimum Gasteiger partial charge on any atom is -0.494 e. The summed E-state index contributed by atoms with van der Waals surface area (Å²) in [4.78, 5) is 22.2. The Morgan fingerprint density at radius 2 is 2.20 bits per heavy atom. The first kappa shape index (κ1) is 13.5. The summed E-state index contributed by atoms with van der Waals surface area (Å²) in [6.45, 7) is 0. The van der Waals surface area contributed by atoms with Crippen molar-refractivity contribution >= 4 is 17.3 Å². The molecule has 1 N–H and O–H groups in total. The van der Waals surface area contributed by atoms with Gasteiger partial charge in [0.15, 0.2) is 0 Å². The lowest BCUT2D eigenvalue weighted by Gasteiger charge is -2.09. The largest absolute Gasteiger partial charge is 0.494 e. The third-order valence-electron chi connectivity index (χ3n) is 2.70. The summed E-state index contributed by atoms with van der Waals surface area (Å²) >= 11 is 0. The Morgan fingerprint density at radius 3 is 2.75 bits per heavy atom. The Balaban J connectivity index is 2.27. The van der Waals surface area contributed by atoms with Crippen molar-refractivity contribution in [2.45, 2.75) is 0 Å². The topological polar surface area (TPSA) is 99.3 Å². The van der Waals surface area contributed by atoms with Gasteiger partial charge in [0.2, 0.25) is 0 Å². The highest BCUT2D eigenvalue weighted by Crippen LogP contribution is 2.29. The van der Waals surface area contributed by atoms with Crippen LogP contribution in [-0.2, 0) is 7.05 Å². The number of benzene rings is 1. The van der Waals surface area contributed by atoms with Gasteiger partial charge in [-0.2, -0.15) is 5.10 Å². The van der Waals surface area contributed by atoms with Crippen molar-refractivity contribution in [1.29, 1.82) is 0 Å². The van der Waals surface area contributed by atoms with E-state index < -0.39 is 4.92 Å². The van der Waals surface area contributed by atoms with Crippen LogP contribution in [0.25, 0.3) is 0 Å². The van der Waals surface area contributed by atoms with E-state index in [-0.39, 0.29) is 17.3 Å². The first-order valence-electron chi connectivity index (χ1n) is 5.64. The average molecular weight is 276 g/mol. The molecular weight excluding hydrogens is 264 g/mol. The van der Waals surface area contributed by atoms with Gasteiger partial charge in [0, 0.05) is 19.3 Å². The van der Waals surface area contributed by atoms with Crippen LogP contribution in [0, 0.1) is 10.1 Å². The van der Waals surface area contributed by atoms with Crippen LogP contribution in [0.3, 0.4) is 0 Å². The van der Waals surface area contributed by atoms with E-state index >= 15 is 0 Å². The van der Waals surface area contributed by atoms with Gasteiger partial charge in [-0.25, -0.2) is 0 Å². The predicted octanol–water partition coefficient (Wildman–Crippen LogP) is 1.59. The summed E-state index contributed by atoms with van der Waals surface area (Å²) in [7, 11) is 3.01. The zero-order chi connectivity index (χ0) is 14.7. The molecular formula is C12H12N4O4. The van der Waals surface area contributed by atoms with E-state index in [4.69, 9.17) is 4.74 Å². The molecule has 8 heteroatoms. The molecule has 0 atom stereocenters. The number of nitro groups is 1. The van der Waals surface area contributed by atoms with E-state index in [1.54, 1.807) is 13.1 Å². The number of methoxy groups -OCH3 is 1. The molecule has 0 aliphatic carbocycles. The molecule has 0 aliphatic heterocycles. The lowest BCUT2D eigenvalue weighted by molar-refractivity contribution is -0.384. The zero-order valence-electron chi connectivity index (χ0n) is 10.9. The first-order chi connectivity index (χ1) is 9.52. The smallest absolute Gasteiger partial charge is 0.274 e. The number of carbonyl (C=O) groups is 1. The maximum absolute atomic E-state index is 12.0. The molecule has 1 aromatic heterocycles. The number of nitrogens with zero attached hydrogens (tertiary/aromatic N) is 3. The molecule has 8 nitrogen and oxygen atoms in total. The maximum atomic E-state index is 12.0. The zero-order valence-corrected chi connectivity index (χ0v) is 10.9. The number of anilines is 1. The fourth-order valence-electron chi connectivity index (χ4n) is 1.68. The lowest BCUT2D eigenvalue weighted by Crippen LogP contribution is -2.16. The van der Waals surface area contributed by atoms with Crippen LogP contribution in [-0.4, -0.2) is 27.7 Å².